The van der Waals surface area contributed by atoms with E-state index in [1.165, 1.54) is 44.6 Å². The van der Waals surface area contributed by atoms with E-state index in [0.29, 0.717) is 12.4 Å². The van der Waals surface area contributed by atoms with Gasteiger partial charge in [0.2, 0.25) is 5.69 Å². The van der Waals surface area contributed by atoms with E-state index in [4.69, 9.17) is 16.3 Å². The quantitative estimate of drug-likeness (QED) is 0.149. The number of benzene rings is 8. The SMILES string of the molecule is [C-]#[N+]c1cccc2c1sc1c2ccc2c1c1ccc(Oc3cccc(N4CN(c5c(-c6ccc(C(C)(C)C)cc6)cccc5-c5ccc(C(C)(C)C)cc5)c5ccccc54)c3)cc1n2-c1cc(C(C)(C)C)ccn1. The van der Waals surface area contributed by atoms with Crippen LogP contribution in [-0.4, -0.2) is 16.2 Å². The third-order valence-corrected chi connectivity index (χ3v) is 16.1. The maximum absolute atomic E-state index is 7.95. The summed E-state index contributed by atoms with van der Waals surface area (Å²) in [6.07, 6.45) is 1.92. The number of aromatic nitrogens is 2. The molecule has 0 amide bonds. The highest BCUT2D eigenvalue weighted by atomic mass is 32.1. The largest absolute Gasteiger partial charge is 0.457 e. The van der Waals surface area contributed by atoms with Gasteiger partial charge in [-0.3, -0.25) is 4.57 Å². The van der Waals surface area contributed by atoms with Crippen LogP contribution >= 0.6 is 11.3 Å². The van der Waals surface area contributed by atoms with Crippen LogP contribution in [-0.2, 0) is 16.2 Å². The molecule has 0 fully saturated rings. The zero-order valence-electron chi connectivity index (χ0n) is 43.6. The number of para-hydroxylation sites is 3. The lowest BCUT2D eigenvalue weighted by Crippen LogP contribution is -2.25. The van der Waals surface area contributed by atoms with Gasteiger partial charge in [0.1, 0.15) is 24.0 Å². The highest BCUT2D eigenvalue weighted by molar-refractivity contribution is 7.27. The van der Waals surface area contributed by atoms with Gasteiger partial charge < -0.3 is 14.5 Å². The Balaban J connectivity index is 0.952. The summed E-state index contributed by atoms with van der Waals surface area (Å²) in [4.78, 5) is 13.8. The molecule has 364 valence electrons. The van der Waals surface area contributed by atoms with Crippen molar-refractivity contribution in [3.8, 4) is 39.6 Å². The van der Waals surface area contributed by atoms with Crippen molar-refractivity contribution in [2.75, 3.05) is 16.5 Å². The average Bonchev–Trinajstić information content (AvgIpc) is 4.08. The Bertz CT molecular complexity index is 3960. The predicted molar refractivity (Wildman–Crippen MR) is 313 cm³/mol. The first-order chi connectivity index (χ1) is 35.5. The minimum atomic E-state index is -0.0695. The third-order valence-electron chi connectivity index (χ3n) is 14.8. The van der Waals surface area contributed by atoms with Crippen LogP contribution in [0.15, 0.2) is 182 Å². The molecule has 0 unspecified atom stereocenters. The topological polar surface area (TPSA) is 37.9 Å². The summed E-state index contributed by atoms with van der Waals surface area (Å²) in [5, 5.41) is 4.52. The highest BCUT2D eigenvalue weighted by Gasteiger charge is 2.32. The molecule has 0 aliphatic carbocycles. The maximum Gasteiger partial charge on any atom is 0.204 e. The Morgan fingerprint density at radius 1 is 0.514 bits per heavy atom. The van der Waals surface area contributed by atoms with E-state index in [0.717, 1.165) is 76.4 Å². The second-order valence-electron chi connectivity index (χ2n) is 22.8. The molecule has 0 radical (unpaired) electrons. The van der Waals surface area contributed by atoms with Crippen molar-refractivity contribution in [2.45, 2.75) is 78.6 Å². The fourth-order valence-electron chi connectivity index (χ4n) is 10.8. The lowest BCUT2D eigenvalue weighted by Gasteiger charge is -2.28. The Morgan fingerprint density at radius 3 is 1.76 bits per heavy atom. The van der Waals surface area contributed by atoms with Crippen LogP contribution in [0.1, 0.15) is 79.0 Å². The molecule has 0 saturated carbocycles. The molecule has 12 rings (SSSR count). The smallest absolute Gasteiger partial charge is 0.204 e. The van der Waals surface area contributed by atoms with Crippen molar-refractivity contribution in [2.24, 2.45) is 0 Å². The number of fused-ring (bicyclic) bond motifs is 8. The van der Waals surface area contributed by atoms with Gasteiger partial charge in [0.15, 0.2) is 0 Å². The van der Waals surface area contributed by atoms with Gasteiger partial charge in [-0.05, 0) is 109 Å². The molecule has 0 saturated heterocycles. The molecule has 0 atom stereocenters. The Morgan fingerprint density at radius 2 is 1.11 bits per heavy atom. The summed E-state index contributed by atoms with van der Waals surface area (Å²) in [5.74, 6) is 2.32. The molecule has 4 heterocycles. The first-order valence-electron chi connectivity index (χ1n) is 25.6. The molecule has 0 spiro atoms. The molecule has 11 aromatic rings. The summed E-state index contributed by atoms with van der Waals surface area (Å²) in [7, 11) is 0. The van der Waals surface area contributed by atoms with E-state index in [1.807, 2.05) is 24.4 Å². The van der Waals surface area contributed by atoms with Crippen LogP contribution < -0.4 is 14.5 Å². The van der Waals surface area contributed by atoms with Gasteiger partial charge in [0.25, 0.3) is 0 Å². The first kappa shape index (κ1) is 46.9. The van der Waals surface area contributed by atoms with Crippen molar-refractivity contribution in [1.82, 2.24) is 9.55 Å². The van der Waals surface area contributed by atoms with Gasteiger partial charge >= 0.3 is 0 Å². The Hall–Kier alpha value is -8.18. The van der Waals surface area contributed by atoms with E-state index in [2.05, 4.69) is 239 Å². The first-order valence-corrected chi connectivity index (χ1v) is 26.4. The van der Waals surface area contributed by atoms with E-state index < -0.39 is 0 Å². The van der Waals surface area contributed by atoms with E-state index in [9.17, 15) is 0 Å². The standard InChI is InChI=1S/C67H59N5OS/c1-65(2,3)44-28-24-42(25-29-44)50-18-14-19-51(43-26-30-45(31-27-43)66(4,5)6)62(50)71-41-70(56-22-11-12-23-57(56)71)47-16-13-17-48(39-47)73-49-32-33-54-59(40-49)72(60-38-46(36-37-69-60)67(7,8)9)58-35-34-53-52-20-15-21-55(68-10)63(52)74-64(53)61(54)58/h11-40H,41H2,1-9H3. The lowest BCUT2D eigenvalue weighted by atomic mass is 9.85. The van der Waals surface area contributed by atoms with E-state index >= 15 is 0 Å². The molecular weight excluding hydrogens is 923 g/mol. The zero-order valence-corrected chi connectivity index (χ0v) is 44.4. The number of hydrogen-bond acceptors (Lipinski definition) is 5. The molecule has 6 nitrogen and oxygen atoms in total. The van der Waals surface area contributed by atoms with E-state index in [1.54, 1.807) is 11.3 Å². The molecule has 1 aliphatic rings. The summed E-state index contributed by atoms with van der Waals surface area (Å²) in [6, 6.07) is 63.5. The minimum Gasteiger partial charge on any atom is -0.457 e. The number of ether oxygens (including phenoxy) is 1. The molecule has 7 heteroatoms. The number of pyridine rings is 1. The molecule has 0 N–H and O–H groups in total. The van der Waals surface area contributed by atoms with Gasteiger partial charge in [-0.25, -0.2) is 9.83 Å². The molecule has 74 heavy (non-hydrogen) atoms. The van der Waals surface area contributed by atoms with Gasteiger partial charge in [-0.15, -0.1) is 11.3 Å². The van der Waals surface area contributed by atoms with Crippen molar-refractivity contribution in [3.63, 3.8) is 0 Å². The number of rotatable bonds is 7. The fourth-order valence-corrected chi connectivity index (χ4v) is 12.1. The van der Waals surface area contributed by atoms with Gasteiger partial charge in [-0.2, -0.15) is 0 Å². The van der Waals surface area contributed by atoms with Crippen LogP contribution in [0.25, 0.3) is 74.9 Å². The number of nitrogens with zero attached hydrogens (tertiary/aromatic N) is 5. The second-order valence-corrected chi connectivity index (χ2v) is 23.8. The van der Waals surface area contributed by atoms with Crippen LogP contribution in [0.2, 0.25) is 0 Å². The van der Waals surface area contributed by atoms with Gasteiger partial charge in [0, 0.05) is 55.3 Å². The monoisotopic (exact) mass is 981 g/mol. The normalized spacial score (nSPS) is 13.1. The Kier molecular flexibility index (Phi) is 11.1. The van der Waals surface area contributed by atoms with Crippen LogP contribution in [0.3, 0.4) is 0 Å². The van der Waals surface area contributed by atoms with Crippen molar-refractivity contribution in [1.29, 1.82) is 0 Å². The highest BCUT2D eigenvalue weighted by Crippen LogP contribution is 2.51. The lowest BCUT2D eigenvalue weighted by molar-refractivity contribution is 0.483. The average molecular weight is 982 g/mol. The van der Waals surface area contributed by atoms with Crippen LogP contribution in [0.4, 0.5) is 28.4 Å². The molecule has 3 aromatic heterocycles. The van der Waals surface area contributed by atoms with Crippen molar-refractivity contribution < 1.29 is 4.74 Å². The summed E-state index contributed by atoms with van der Waals surface area (Å²) < 4.78 is 11.4. The third kappa shape index (κ3) is 8.06. The molecular formula is C67H59N5OS. The van der Waals surface area contributed by atoms with Crippen LogP contribution in [0, 0.1) is 6.57 Å². The Labute approximate surface area is 438 Å². The summed E-state index contributed by atoms with van der Waals surface area (Å²) >= 11 is 1.70. The van der Waals surface area contributed by atoms with Crippen LogP contribution in [0.5, 0.6) is 11.5 Å². The fraction of sp³-hybridized carbons (Fsp3) is 0.194. The molecule has 8 aromatic carbocycles. The molecule has 0 bridgehead atoms. The number of hydrogen-bond donors (Lipinski definition) is 0. The van der Waals surface area contributed by atoms with E-state index in [-0.39, 0.29) is 16.2 Å². The predicted octanol–water partition coefficient (Wildman–Crippen LogP) is 19.4. The summed E-state index contributed by atoms with van der Waals surface area (Å²) in [6.45, 7) is 28.9. The second kappa shape index (κ2) is 17.5. The van der Waals surface area contributed by atoms with Gasteiger partial charge in [0.05, 0.1) is 34.7 Å². The number of anilines is 4. The van der Waals surface area contributed by atoms with Gasteiger partial charge in [-0.1, -0.05) is 172 Å². The summed E-state index contributed by atoms with van der Waals surface area (Å²) in [5.41, 5.74) is 15.8. The van der Waals surface area contributed by atoms with Crippen molar-refractivity contribution in [3.05, 3.63) is 210 Å². The maximum atomic E-state index is 7.95. The minimum absolute atomic E-state index is 0.0477. The van der Waals surface area contributed by atoms with Crippen molar-refractivity contribution >= 4 is 81.8 Å². The number of thiophene rings is 1. The molecule has 1 aliphatic heterocycles. The zero-order chi connectivity index (χ0) is 51.3.